The molecule has 1 aliphatic heterocycles. The van der Waals surface area contributed by atoms with E-state index in [1.807, 2.05) is 4.90 Å². The van der Waals surface area contributed by atoms with Gasteiger partial charge in [0.1, 0.15) is 5.82 Å². The summed E-state index contributed by atoms with van der Waals surface area (Å²) < 4.78 is 39.8. The molecule has 0 spiro atoms. The van der Waals surface area contributed by atoms with Crippen LogP contribution in [0.3, 0.4) is 0 Å². The first kappa shape index (κ1) is 18.5. The molecule has 2 aromatic carbocycles. The molecule has 0 radical (unpaired) electrons. The molecule has 0 atom stereocenters. The number of likely N-dealkylation sites (tertiary alicyclic amines) is 1. The topological polar surface area (TPSA) is 66.5 Å². The molecule has 2 aromatic rings. The number of hydrogen-bond donors (Lipinski definition) is 1. The van der Waals surface area contributed by atoms with Crippen molar-refractivity contribution in [3.63, 3.8) is 0 Å². The standard InChI is InChI=1S/C19H21FN2O3S/c20-18-8-6-15(7-9-18)14-26(24,25)21-13-16-4-3-5-17(12-16)19(23)22-10-1-2-11-22/h3-9,12,21H,1-2,10-11,13-14H2. The molecule has 138 valence electrons. The van der Waals surface area contributed by atoms with Crippen molar-refractivity contribution in [2.45, 2.75) is 25.1 Å². The number of halogens is 1. The van der Waals surface area contributed by atoms with Gasteiger partial charge in [0.05, 0.1) is 5.75 Å². The Bertz CT molecular complexity index is 876. The van der Waals surface area contributed by atoms with Crippen molar-refractivity contribution in [2.75, 3.05) is 13.1 Å². The Kier molecular flexibility index (Phi) is 5.68. The van der Waals surface area contributed by atoms with Crippen molar-refractivity contribution < 1.29 is 17.6 Å². The Labute approximate surface area is 152 Å². The van der Waals surface area contributed by atoms with E-state index in [2.05, 4.69) is 4.72 Å². The van der Waals surface area contributed by atoms with E-state index < -0.39 is 15.8 Å². The summed E-state index contributed by atoms with van der Waals surface area (Å²) in [7, 11) is -3.56. The van der Waals surface area contributed by atoms with E-state index in [1.54, 1.807) is 24.3 Å². The molecule has 0 aromatic heterocycles. The van der Waals surface area contributed by atoms with Gasteiger partial charge in [0.25, 0.3) is 5.91 Å². The molecular formula is C19H21FN2O3S. The lowest BCUT2D eigenvalue weighted by molar-refractivity contribution is 0.0792. The van der Waals surface area contributed by atoms with Crippen molar-refractivity contribution in [3.05, 3.63) is 71.0 Å². The molecule has 0 bridgehead atoms. The summed E-state index contributed by atoms with van der Waals surface area (Å²) in [5, 5.41) is 0. The molecule has 1 N–H and O–H groups in total. The molecule has 1 amide bonds. The van der Waals surface area contributed by atoms with Crippen molar-refractivity contribution in [1.82, 2.24) is 9.62 Å². The summed E-state index contributed by atoms with van der Waals surface area (Å²) in [5.74, 6) is -0.642. The van der Waals surface area contributed by atoms with Crippen molar-refractivity contribution in [1.29, 1.82) is 0 Å². The van der Waals surface area contributed by atoms with E-state index in [1.165, 1.54) is 24.3 Å². The molecule has 7 heteroatoms. The zero-order valence-corrected chi connectivity index (χ0v) is 15.1. The summed E-state index contributed by atoms with van der Waals surface area (Å²) in [4.78, 5) is 14.2. The largest absolute Gasteiger partial charge is 0.339 e. The number of amides is 1. The second-order valence-electron chi connectivity index (χ2n) is 6.41. The quantitative estimate of drug-likeness (QED) is 0.843. The lowest BCUT2D eigenvalue weighted by atomic mass is 10.1. The minimum Gasteiger partial charge on any atom is -0.339 e. The highest BCUT2D eigenvalue weighted by atomic mass is 32.2. The van der Waals surface area contributed by atoms with Gasteiger partial charge in [-0.25, -0.2) is 17.5 Å². The van der Waals surface area contributed by atoms with Crippen LogP contribution in [-0.4, -0.2) is 32.3 Å². The van der Waals surface area contributed by atoms with Crippen LogP contribution in [0.5, 0.6) is 0 Å². The average molecular weight is 376 g/mol. The third-order valence-electron chi connectivity index (χ3n) is 4.33. The van der Waals surface area contributed by atoms with Crippen LogP contribution in [0, 0.1) is 5.82 Å². The van der Waals surface area contributed by atoms with Gasteiger partial charge in [-0.1, -0.05) is 24.3 Å². The Morgan fingerprint density at radius 3 is 2.42 bits per heavy atom. The number of sulfonamides is 1. The first-order chi connectivity index (χ1) is 12.4. The van der Waals surface area contributed by atoms with Gasteiger partial charge in [-0.3, -0.25) is 4.79 Å². The van der Waals surface area contributed by atoms with Crippen molar-refractivity contribution in [2.24, 2.45) is 0 Å². The third-order valence-corrected chi connectivity index (χ3v) is 5.63. The second kappa shape index (κ2) is 7.97. The molecule has 1 aliphatic rings. The molecular weight excluding hydrogens is 355 g/mol. The fraction of sp³-hybridized carbons (Fsp3) is 0.316. The van der Waals surface area contributed by atoms with Gasteiger partial charge in [-0.05, 0) is 48.2 Å². The van der Waals surface area contributed by atoms with Crippen LogP contribution in [0.1, 0.15) is 34.3 Å². The first-order valence-electron chi connectivity index (χ1n) is 8.53. The highest BCUT2D eigenvalue weighted by Crippen LogP contribution is 2.14. The normalized spacial score (nSPS) is 14.6. The summed E-state index contributed by atoms with van der Waals surface area (Å²) in [6.07, 6.45) is 2.04. The molecule has 3 rings (SSSR count). The number of nitrogens with zero attached hydrogens (tertiary/aromatic N) is 1. The number of hydrogen-bond acceptors (Lipinski definition) is 3. The zero-order chi connectivity index (χ0) is 18.6. The van der Waals surface area contributed by atoms with E-state index in [4.69, 9.17) is 0 Å². The van der Waals surface area contributed by atoms with Crippen LogP contribution in [-0.2, 0) is 22.3 Å². The molecule has 0 unspecified atom stereocenters. The highest BCUT2D eigenvalue weighted by molar-refractivity contribution is 7.88. The van der Waals surface area contributed by atoms with Gasteiger partial charge in [0, 0.05) is 25.2 Å². The smallest absolute Gasteiger partial charge is 0.253 e. The maximum Gasteiger partial charge on any atom is 0.253 e. The molecule has 1 saturated heterocycles. The van der Waals surface area contributed by atoms with Crippen LogP contribution < -0.4 is 4.72 Å². The van der Waals surface area contributed by atoms with Crippen LogP contribution in [0.25, 0.3) is 0 Å². The number of carbonyl (C=O) groups is 1. The van der Waals surface area contributed by atoms with Gasteiger partial charge in [-0.2, -0.15) is 0 Å². The number of rotatable bonds is 6. The molecule has 5 nitrogen and oxygen atoms in total. The van der Waals surface area contributed by atoms with Gasteiger partial charge in [0.2, 0.25) is 10.0 Å². The maximum absolute atomic E-state index is 12.9. The fourth-order valence-corrected chi connectivity index (χ4v) is 4.08. The van der Waals surface area contributed by atoms with Gasteiger partial charge in [-0.15, -0.1) is 0 Å². The monoisotopic (exact) mass is 376 g/mol. The summed E-state index contributed by atoms with van der Waals surface area (Å²) in [6, 6.07) is 12.4. The Balaban J connectivity index is 1.62. The lowest BCUT2D eigenvalue weighted by Gasteiger charge is -2.15. The van der Waals surface area contributed by atoms with Crippen molar-refractivity contribution >= 4 is 15.9 Å². The number of nitrogens with one attached hydrogen (secondary N) is 1. The van der Waals surface area contributed by atoms with Gasteiger partial charge in [0.15, 0.2) is 0 Å². The van der Waals surface area contributed by atoms with E-state index in [-0.39, 0.29) is 18.2 Å². The third kappa shape index (κ3) is 4.89. The molecule has 26 heavy (non-hydrogen) atoms. The minimum atomic E-state index is -3.56. The zero-order valence-electron chi connectivity index (χ0n) is 14.3. The molecule has 1 fully saturated rings. The Morgan fingerprint density at radius 1 is 1.04 bits per heavy atom. The summed E-state index contributed by atoms with van der Waals surface area (Å²) >= 11 is 0. The summed E-state index contributed by atoms with van der Waals surface area (Å²) in [6.45, 7) is 1.64. The number of benzene rings is 2. The Morgan fingerprint density at radius 2 is 1.73 bits per heavy atom. The van der Waals surface area contributed by atoms with Crippen LogP contribution in [0.4, 0.5) is 4.39 Å². The minimum absolute atomic E-state index is 0.0153. The van der Waals surface area contributed by atoms with Crippen LogP contribution >= 0.6 is 0 Å². The van der Waals surface area contributed by atoms with Crippen molar-refractivity contribution in [3.8, 4) is 0 Å². The summed E-state index contributed by atoms with van der Waals surface area (Å²) in [5.41, 5.74) is 1.80. The van der Waals surface area contributed by atoms with Gasteiger partial charge >= 0.3 is 0 Å². The molecule has 0 saturated carbocycles. The van der Waals surface area contributed by atoms with E-state index in [9.17, 15) is 17.6 Å². The predicted octanol–water partition coefficient (Wildman–Crippen LogP) is 2.68. The SMILES string of the molecule is O=C(c1cccc(CNS(=O)(=O)Cc2ccc(F)cc2)c1)N1CCCC1. The Hall–Kier alpha value is -2.25. The van der Waals surface area contributed by atoms with Crippen LogP contribution in [0.15, 0.2) is 48.5 Å². The van der Waals surface area contributed by atoms with Crippen LogP contribution in [0.2, 0.25) is 0 Å². The highest BCUT2D eigenvalue weighted by Gasteiger charge is 2.19. The van der Waals surface area contributed by atoms with E-state index in [0.29, 0.717) is 11.1 Å². The maximum atomic E-state index is 12.9. The lowest BCUT2D eigenvalue weighted by Crippen LogP contribution is -2.28. The van der Waals surface area contributed by atoms with E-state index >= 15 is 0 Å². The molecule has 0 aliphatic carbocycles. The number of carbonyl (C=O) groups excluding carboxylic acids is 1. The molecule has 1 heterocycles. The average Bonchev–Trinajstić information content (AvgIpc) is 3.16. The van der Waals surface area contributed by atoms with E-state index in [0.717, 1.165) is 31.5 Å². The predicted molar refractivity (Wildman–Crippen MR) is 97.4 cm³/mol. The fourth-order valence-electron chi connectivity index (χ4n) is 2.96. The van der Waals surface area contributed by atoms with Gasteiger partial charge < -0.3 is 4.90 Å². The first-order valence-corrected chi connectivity index (χ1v) is 10.2. The second-order valence-corrected chi connectivity index (χ2v) is 8.21.